The molecule has 1 N–H and O–H groups in total. The molecule has 0 amide bonds. The van der Waals surface area contributed by atoms with Gasteiger partial charge in [-0.25, -0.2) is 0 Å². The smallest absolute Gasteiger partial charge is 0.164 e. The van der Waals surface area contributed by atoms with Crippen LogP contribution in [0.4, 0.5) is 0 Å². The summed E-state index contributed by atoms with van der Waals surface area (Å²) in [6, 6.07) is 1.98. The molecule has 2 aromatic heterocycles. The third kappa shape index (κ3) is 2.60. The fourth-order valence-electron chi connectivity index (χ4n) is 3.08. The second-order valence-corrected chi connectivity index (χ2v) is 7.55. The van der Waals surface area contributed by atoms with Crippen molar-refractivity contribution >= 4 is 17.1 Å². The lowest BCUT2D eigenvalue weighted by molar-refractivity contribution is 0.0912. The first-order chi connectivity index (χ1) is 10.0. The fraction of sp³-hybridized carbons (Fsp3) is 0.412. The standard InChI is InChI=1S/C17H20N2OS/c1-4-5-6-14-15-11(9-17(2,3)10-13(15)20)16(21-14)12-7-8-18-19-12/h4,7-8H,1,5-6,9-10H2,2-3H3,(H,18,19). The van der Waals surface area contributed by atoms with Gasteiger partial charge in [0.25, 0.3) is 0 Å². The average Bonchev–Trinajstić information content (AvgIpc) is 3.01. The van der Waals surface area contributed by atoms with Crippen molar-refractivity contribution in [1.82, 2.24) is 10.2 Å². The Morgan fingerprint density at radius 2 is 2.29 bits per heavy atom. The second-order valence-electron chi connectivity index (χ2n) is 6.45. The molecule has 0 saturated carbocycles. The van der Waals surface area contributed by atoms with Gasteiger partial charge in [-0.05, 0) is 36.3 Å². The number of H-pyrrole nitrogens is 1. The molecule has 0 bridgehead atoms. The van der Waals surface area contributed by atoms with E-state index >= 15 is 0 Å². The number of Topliss-reactive ketones (excluding diaryl/α,β-unsaturated/α-hetero) is 1. The number of carbonyl (C=O) groups is 1. The topological polar surface area (TPSA) is 45.8 Å². The molecular weight excluding hydrogens is 280 g/mol. The van der Waals surface area contributed by atoms with Crippen LogP contribution in [0, 0.1) is 5.41 Å². The normalized spacial score (nSPS) is 16.8. The first kappa shape index (κ1) is 14.3. The summed E-state index contributed by atoms with van der Waals surface area (Å²) in [7, 11) is 0. The zero-order valence-electron chi connectivity index (χ0n) is 12.5. The summed E-state index contributed by atoms with van der Waals surface area (Å²) in [4.78, 5) is 15.0. The van der Waals surface area contributed by atoms with Crippen molar-refractivity contribution in [3.8, 4) is 10.6 Å². The highest BCUT2D eigenvalue weighted by molar-refractivity contribution is 7.16. The lowest BCUT2D eigenvalue weighted by Crippen LogP contribution is -2.27. The largest absolute Gasteiger partial charge is 0.294 e. The Morgan fingerprint density at radius 1 is 1.48 bits per heavy atom. The van der Waals surface area contributed by atoms with Gasteiger partial charge in [0, 0.05) is 23.1 Å². The highest BCUT2D eigenvalue weighted by atomic mass is 32.1. The Labute approximate surface area is 129 Å². The molecule has 0 unspecified atom stereocenters. The maximum atomic E-state index is 12.6. The summed E-state index contributed by atoms with van der Waals surface area (Å²) in [5.41, 5.74) is 3.25. The summed E-state index contributed by atoms with van der Waals surface area (Å²) in [5.74, 6) is 0.294. The van der Waals surface area contributed by atoms with Crippen molar-refractivity contribution < 1.29 is 4.79 Å². The number of hydrogen-bond donors (Lipinski definition) is 1. The fourth-order valence-corrected chi connectivity index (χ4v) is 4.41. The number of aromatic amines is 1. The first-order valence-electron chi connectivity index (χ1n) is 7.30. The molecule has 110 valence electrons. The summed E-state index contributed by atoms with van der Waals surface area (Å²) >= 11 is 1.74. The molecule has 0 aromatic carbocycles. The SMILES string of the molecule is C=CCCc1sc(-c2ccn[nH]2)c2c1C(=O)CC(C)(C)C2. The van der Waals surface area contributed by atoms with Gasteiger partial charge >= 0.3 is 0 Å². The molecule has 4 heteroatoms. The molecule has 0 aliphatic heterocycles. The van der Waals surface area contributed by atoms with Crippen molar-refractivity contribution in [2.24, 2.45) is 5.41 Å². The van der Waals surface area contributed by atoms with Crippen LogP contribution in [0.1, 0.15) is 47.5 Å². The Balaban J connectivity index is 2.14. The van der Waals surface area contributed by atoms with Crippen LogP contribution in [-0.2, 0) is 12.8 Å². The van der Waals surface area contributed by atoms with E-state index in [1.54, 1.807) is 17.5 Å². The van der Waals surface area contributed by atoms with E-state index in [2.05, 4.69) is 30.6 Å². The number of allylic oxidation sites excluding steroid dienone is 1. The van der Waals surface area contributed by atoms with E-state index in [1.807, 2.05) is 12.1 Å². The third-order valence-electron chi connectivity index (χ3n) is 3.97. The molecule has 2 aromatic rings. The van der Waals surface area contributed by atoms with Gasteiger partial charge in [-0.15, -0.1) is 17.9 Å². The van der Waals surface area contributed by atoms with Crippen molar-refractivity contribution in [1.29, 1.82) is 0 Å². The van der Waals surface area contributed by atoms with Gasteiger partial charge in [-0.3, -0.25) is 9.89 Å². The van der Waals surface area contributed by atoms with Gasteiger partial charge in [-0.1, -0.05) is 19.9 Å². The predicted octanol–water partition coefficient (Wildman–Crippen LogP) is 4.41. The van der Waals surface area contributed by atoms with E-state index in [-0.39, 0.29) is 5.41 Å². The monoisotopic (exact) mass is 300 g/mol. The number of hydrogen-bond acceptors (Lipinski definition) is 3. The highest BCUT2D eigenvalue weighted by Crippen LogP contribution is 2.45. The minimum absolute atomic E-state index is 0.0373. The van der Waals surface area contributed by atoms with E-state index in [1.165, 1.54) is 15.3 Å². The van der Waals surface area contributed by atoms with E-state index in [4.69, 9.17) is 0 Å². The van der Waals surface area contributed by atoms with Gasteiger partial charge in [-0.2, -0.15) is 5.10 Å². The third-order valence-corrected chi connectivity index (χ3v) is 5.30. The molecule has 1 aliphatic carbocycles. The van der Waals surface area contributed by atoms with Crippen LogP contribution >= 0.6 is 11.3 Å². The molecular formula is C17H20N2OS. The maximum Gasteiger partial charge on any atom is 0.164 e. The zero-order chi connectivity index (χ0) is 15.0. The average molecular weight is 300 g/mol. The molecule has 0 spiro atoms. The van der Waals surface area contributed by atoms with Crippen LogP contribution in [0.25, 0.3) is 10.6 Å². The summed E-state index contributed by atoms with van der Waals surface area (Å²) in [5, 5.41) is 7.10. The van der Waals surface area contributed by atoms with Crippen molar-refractivity contribution in [2.45, 2.75) is 39.5 Å². The lowest BCUT2D eigenvalue weighted by atomic mass is 9.73. The van der Waals surface area contributed by atoms with E-state index < -0.39 is 0 Å². The molecule has 3 nitrogen and oxygen atoms in total. The number of nitrogens with one attached hydrogen (secondary N) is 1. The molecule has 3 rings (SSSR count). The van der Waals surface area contributed by atoms with E-state index in [9.17, 15) is 4.79 Å². The molecule has 0 saturated heterocycles. The van der Waals surface area contributed by atoms with E-state index in [0.29, 0.717) is 12.2 Å². The summed E-state index contributed by atoms with van der Waals surface area (Å²) in [6.45, 7) is 8.13. The second kappa shape index (κ2) is 5.26. The highest BCUT2D eigenvalue weighted by Gasteiger charge is 2.36. The molecule has 0 radical (unpaired) electrons. The van der Waals surface area contributed by atoms with Crippen LogP contribution in [0.3, 0.4) is 0 Å². The molecule has 2 heterocycles. The maximum absolute atomic E-state index is 12.6. The van der Waals surface area contributed by atoms with Gasteiger partial charge in [0.05, 0.1) is 10.6 Å². The molecule has 0 fully saturated rings. The van der Waals surface area contributed by atoms with Crippen molar-refractivity contribution in [3.05, 3.63) is 40.9 Å². The number of nitrogens with zero attached hydrogens (tertiary/aromatic N) is 1. The quantitative estimate of drug-likeness (QED) is 0.850. The van der Waals surface area contributed by atoms with Crippen molar-refractivity contribution in [2.75, 3.05) is 0 Å². The minimum Gasteiger partial charge on any atom is -0.294 e. The van der Waals surface area contributed by atoms with Crippen molar-refractivity contribution in [3.63, 3.8) is 0 Å². The number of carbonyl (C=O) groups excluding carboxylic acids is 1. The molecule has 1 aliphatic rings. The van der Waals surface area contributed by atoms with Crippen LogP contribution < -0.4 is 0 Å². The Bertz CT molecular complexity index is 680. The minimum atomic E-state index is 0.0373. The van der Waals surface area contributed by atoms with Crippen LogP contribution in [0.5, 0.6) is 0 Å². The van der Waals surface area contributed by atoms with Gasteiger partial charge in [0.1, 0.15) is 0 Å². The van der Waals surface area contributed by atoms with E-state index in [0.717, 1.165) is 30.5 Å². The number of aryl methyl sites for hydroxylation is 1. The lowest BCUT2D eigenvalue weighted by Gasteiger charge is -2.29. The Morgan fingerprint density at radius 3 is 2.95 bits per heavy atom. The molecule has 0 atom stereocenters. The Kier molecular flexibility index (Phi) is 3.57. The number of rotatable bonds is 4. The van der Waals surface area contributed by atoms with Gasteiger partial charge in [0.15, 0.2) is 5.78 Å². The van der Waals surface area contributed by atoms with Gasteiger partial charge < -0.3 is 0 Å². The summed E-state index contributed by atoms with van der Waals surface area (Å²) in [6.07, 6.45) is 7.08. The first-order valence-corrected chi connectivity index (χ1v) is 8.12. The number of thiophene rings is 1. The van der Waals surface area contributed by atoms with Gasteiger partial charge in [0.2, 0.25) is 0 Å². The molecule has 21 heavy (non-hydrogen) atoms. The zero-order valence-corrected chi connectivity index (χ0v) is 13.3. The number of fused-ring (bicyclic) bond motifs is 1. The summed E-state index contributed by atoms with van der Waals surface area (Å²) < 4.78 is 0. The van der Waals surface area contributed by atoms with Crippen LogP contribution in [-0.4, -0.2) is 16.0 Å². The van der Waals surface area contributed by atoms with Crippen LogP contribution in [0.2, 0.25) is 0 Å². The van der Waals surface area contributed by atoms with Crippen LogP contribution in [0.15, 0.2) is 24.9 Å². The predicted molar refractivity (Wildman–Crippen MR) is 86.9 cm³/mol. The number of aromatic nitrogens is 2. The Hall–Kier alpha value is -1.68. The number of ketones is 1.